The van der Waals surface area contributed by atoms with E-state index in [0.29, 0.717) is 16.1 Å². The molecular weight excluding hydrogens is 418 g/mol. The smallest absolute Gasteiger partial charge is 0.273 e. The highest BCUT2D eigenvalue weighted by Gasteiger charge is 2.30. The Morgan fingerprint density at radius 3 is 2.39 bits per heavy atom. The predicted molar refractivity (Wildman–Crippen MR) is 119 cm³/mol. The molecule has 3 rings (SSSR count). The lowest BCUT2D eigenvalue weighted by molar-refractivity contribution is -0.385. The van der Waals surface area contributed by atoms with Crippen molar-refractivity contribution in [3.8, 4) is 0 Å². The molecule has 0 saturated heterocycles. The highest BCUT2D eigenvalue weighted by atomic mass is 35.5. The van der Waals surface area contributed by atoms with E-state index in [4.69, 9.17) is 11.6 Å². The van der Waals surface area contributed by atoms with Gasteiger partial charge in [-0.05, 0) is 31.4 Å². The highest BCUT2D eigenvalue weighted by Crippen LogP contribution is 2.23. The second-order valence-electron chi connectivity index (χ2n) is 7.84. The Labute approximate surface area is 186 Å². The standard InChI is InChI=1S/C23H26ClN3O4/c1-16(23(29)25-19-10-4-5-11-19)26(15-18-9-2-6-12-20(18)24)22(28)14-17-8-3-7-13-21(17)27(30)31/h2-3,6-9,12-13,16,19H,4-5,10-11,14-15H2,1H3,(H,25,29)/t16-/m1/s1. The lowest BCUT2D eigenvalue weighted by atomic mass is 10.1. The molecule has 1 saturated carbocycles. The largest absolute Gasteiger partial charge is 0.352 e. The van der Waals surface area contributed by atoms with E-state index in [2.05, 4.69) is 5.32 Å². The number of rotatable bonds is 8. The first kappa shape index (κ1) is 22.7. The minimum absolute atomic E-state index is 0.114. The first-order valence-electron chi connectivity index (χ1n) is 10.4. The third-order valence-corrected chi connectivity index (χ3v) is 6.07. The van der Waals surface area contributed by atoms with Crippen molar-refractivity contribution in [2.24, 2.45) is 0 Å². The molecule has 164 valence electrons. The fraction of sp³-hybridized carbons (Fsp3) is 0.391. The average Bonchev–Trinajstić information content (AvgIpc) is 3.25. The molecule has 8 heteroatoms. The molecule has 0 radical (unpaired) electrons. The molecule has 1 aliphatic carbocycles. The van der Waals surface area contributed by atoms with Crippen LogP contribution in [0.15, 0.2) is 48.5 Å². The number of nitro benzene ring substituents is 1. The number of amides is 2. The Morgan fingerprint density at radius 2 is 1.74 bits per heavy atom. The van der Waals surface area contributed by atoms with Crippen molar-refractivity contribution in [2.45, 2.75) is 57.7 Å². The topological polar surface area (TPSA) is 92.6 Å². The van der Waals surface area contributed by atoms with Crippen LogP contribution in [0.3, 0.4) is 0 Å². The Bertz CT molecular complexity index is 959. The van der Waals surface area contributed by atoms with Crippen LogP contribution in [0.4, 0.5) is 5.69 Å². The van der Waals surface area contributed by atoms with Gasteiger partial charge in [-0.1, -0.05) is 60.8 Å². The van der Waals surface area contributed by atoms with Crippen LogP contribution in [0.1, 0.15) is 43.7 Å². The molecule has 2 aromatic carbocycles. The third kappa shape index (κ3) is 5.82. The third-order valence-electron chi connectivity index (χ3n) is 5.70. The van der Waals surface area contributed by atoms with Crippen molar-refractivity contribution >= 4 is 29.1 Å². The molecule has 1 N–H and O–H groups in total. The van der Waals surface area contributed by atoms with E-state index in [1.54, 1.807) is 43.3 Å². The van der Waals surface area contributed by atoms with Crippen LogP contribution >= 0.6 is 11.6 Å². The number of nitro groups is 1. The number of nitrogens with one attached hydrogen (secondary N) is 1. The molecule has 7 nitrogen and oxygen atoms in total. The van der Waals surface area contributed by atoms with Crippen LogP contribution in [-0.2, 0) is 22.6 Å². The molecule has 0 aliphatic heterocycles. The quantitative estimate of drug-likeness (QED) is 0.487. The first-order valence-corrected chi connectivity index (χ1v) is 10.8. The molecule has 0 aromatic heterocycles. The molecule has 0 bridgehead atoms. The molecule has 1 fully saturated rings. The zero-order valence-corrected chi connectivity index (χ0v) is 18.2. The number of nitrogens with zero attached hydrogens (tertiary/aromatic N) is 2. The zero-order chi connectivity index (χ0) is 22.4. The molecule has 0 heterocycles. The van der Waals surface area contributed by atoms with Crippen molar-refractivity contribution in [2.75, 3.05) is 0 Å². The van der Waals surface area contributed by atoms with Crippen molar-refractivity contribution in [3.05, 3.63) is 74.8 Å². The number of para-hydroxylation sites is 1. The maximum atomic E-state index is 13.3. The second kappa shape index (κ2) is 10.4. The van der Waals surface area contributed by atoms with Crippen LogP contribution in [0.2, 0.25) is 5.02 Å². The van der Waals surface area contributed by atoms with E-state index in [-0.39, 0.29) is 36.5 Å². The SMILES string of the molecule is C[C@H](C(=O)NC1CCCC1)N(Cc1ccccc1Cl)C(=O)Cc1ccccc1[N+](=O)[O-]. The first-order chi connectivity index (χ1) is 14.9. The number of carbonyl (C=O) groups excluding carboxylic acids is 2. The fourth-order valence-electron chi connectivity index (χ4n) is 3.89. The monoisotopic (exact) mass is 443 g/mol. The van der Waals surface area contributed by atoms with E-state index in [1.165, 1.54) is 11.0 Å². The summed E-state index contributed by atoms with van der Waals surface area (Å²) in [4.78, 5) is 38.5. The van der Waals surface area contributed by atoms with Gasteiger partial charge in [0.15, 0.2) is 0 Å². The number of carbonyl (C=O) groups is 2. The van der Waals surface area contributed by atoms with Crippen LogP contribution in [0, 0.1) is 10.1 Å². The minimum Gasteiger partial charge on any atom is -0.352 e. The summed E-state index contributed by atoms with van der Waals surface area (Å²) in [7, 11) is 0. The van der Waals surface area contributed by atoms with Crippen molar-refractivity contribution in [1.82, 2.24) is 10.2 Å². The van der Waals surface area contributed by atoms with Crippen LogP contribution in [0.25, 0.3) is 0 Å². The summed E-state index contributed by atoms with van der Waals surface area (Å²) < 4.78 is 0. The number of benzene rings is 2. The van der Waals surface area contributed by atoms with Gasteiger partial charge in [-0.3, -0.25) is 19.7 Å². The van der Waals surface area contributed by atoms with Gasteiger partial charge in [0.2, 0.25) is 11.8 Å². The van der Waals surface area contributed by atoms with E-state index >= 15 is 0 Å². The van der Waals surface area contributed by atoms with Gasteiger partial charge >= 0.3 is 0 Å². The normalized spacial score (nSPS) is 14.8. The van der Waals surface area contributed by atoms with Gasteiger partial charge in [0.1, 0.15) is 6.04 Å². The Morgan fingerprint density at radius 1 is 1.13 bits per heavy atom. The van der Waals surface area contributed by atoms with E-state index in [1.807, 2.05) is 6.07 Å². The van der Waals surface area contributed by atoms with Crippen LogP contribution in [-0.4, -0.2) is 33.7 Å². The molecular formula is C23H26ClN3O4. The minimum atomic E-state index is -0.743. The van der Waals surface area contributed by atoms with E-state index < -0.39 is 11.0 Å². The molecule has 2 aromatic rings. The summed E-state index contributed by atoms with van der Waals surface area (Å²) in [6.45, 7) is 1.82. The summed E-state index contributed by atoms with van der Waals surface area (Å²) in [5.41, 5.74) is 0.905. The molecule has 0 spiro atoms. The molecule has 2 amide bonds. The van der Waals surface area contributed by atoms with Gasteiger partial charge in [-0.15, -0.1) is 0 Å². The number of halogens is 1. The lowest BCUT2D eigenvalue weighted by Gasteiger charge is -2.30. The van der Waals surface area contributed by atoms with Crippen molar-refractivity contribution < 1.29 is 14.5 Å². The van der Waals surface area contributed by atoms with Crippen molar-refractivity contribution in [3.63, 3.8) is 0 Å². The Kier molecular flexibility index (Phi) is 7.63. The van der Waals surface area contributed by atoms with E-state index in [9.17, 15) is 19.7 Å². The molecule has 1 aliphatic rings. The summed E-state index contributed by atoms with van der Waals surface area (Å²) in [5, 5.41) is 14.9. The van der Waals surface area contributed by atoms with Gasteiger partial charge in [0.25, 0.3) is 5.69 Å². The van der Waals surface area contributed by atoms with Crippen LogP contribution in [0.5, 0.6) is 0 Å². The predicted octanol–water partition coefficient (Wildman–Crippen LogP) is 4.27. The van der Waals surface area contributed by atoms with Gasteiger partial charge < -0.3 is 10.2 Å². The van der Waals surface area contributed by atoms with Gasteiger partial charge in [-0.2, -0.15) is 0 Å². The fourth-order valence-corrected chi connectivity index (χ4v) is 4.08. The second-order valence-corrected chi connectivity index (χ2v) is 8.25. The zero-order valence-electron chi connectivity index (χ0n) is 17.4. The highest BCUT2D eigenvalue weighted by molar-refractivity contribution is 6.31. The number of hydrogen-bond acceptors (Lipinski definition) is 4. The summed E-state index contributed by atoms with van der Waals surface area (Å²) in [6.07, 6.45) is 3.86. The van der Waals surface area contributed by atoms with Gasteiger partial charge in [0, 0.05) is 29.2 Å². The maximum Gasteiger partial charge on any atom is 0.273 e. The molecule has 31 heavy (non-hydrogen) atoms. The average molecular weight is 444 g/mol. The van der Waals surface area contributed by atoms with E-state index in [0.717, 1.165) is 25.7 Å². The van der Waals surface area contributed by atoms with Gasteiger partial charge in [0.05, 0.1) is 11.3 Å². The number of hydrogen-bond donors (Lipinski definition) is 1. The maximum absolute atomic E-state index is 13.3. The molecule has 0 unspecified atom stereocenters. The summed E-state index contributed by atoms with van der Waals surface area (Å²) in [5.74, 6) is -0.599. The molecule has 1 atom stereocenters. The Balaban J connectivity index is 1.84. The summed E-state index contributed by atoms with van der Waals surface area (Å²) in [6, 6.07) is 12.7. The lowest BCUT2D eigenvalue weighted by Crippen LogP contribution is -2.50. The van der Waals surface area contributed by atoms with Gasteiger partial charge in [-0.25, -0.2) is 0 Å². The van der Waals surface area contributed by atoms with Crippen LogP contribution < -0.4 is 5.32 Å². The summed E-state index contributed by atoms with van der Waals surface area (Å²) >= 11 is 6.29. The van der Waals surface area contributed by atoms with Crippen molar-refractivity contribution in [1.29, 1.82) is 0 Å². The Hall–Kier alpha value is -2.93.